The summed E-state index contributed by atoms with van der Waals surface area (Å²) >= 11 is 0. The molecule has 1 rings (SSSR count). The summed E-state index contributed by atoms with van der Waals surface area (Å²) in [5.74, 6) is 0. The van der Waals surface area contributed by atoms with Crippen LogP contribution in [-0.4, -0.2) is 49.1 Å². The molecule has 0 aromatic heterocycles. The monoisotopic (exact) mass is 193 g/mol. The van der Waals surface area contributed by atoms with Crippen LogP contribution in [-0.2, 0) is 0 Å². The second-order valence-corrected chi connectivity index (χ2v) is 3.64. The minimum absolute atomic E-state index is 0.824. The van der Waals surface area contributed by atoms with E-state index in [1.165, 1.54) is 0 Å². The van der Waals surface area contributed by atoms with Gasteiger partial charge < -0.3 is 4.90 Å². The van der Waals surface area contributed by atoms with Crippen molar-refractivity contribution in [3.05, 3.63) is 11.6 Å². The molecule has 1 saturated heterocycles. The maximum absolute atomic E-state index is 8.80. The Morgan fingerprint density at radius 3 is 2.29 bits per heavy atom. The Kier molecular flexibility index (Phi) is 4.64. The summed E-state index contributed by atoms with van der Waals surface area (Å²) in [7, 11) is 0. The maximum atomic E-state index is 8.80. The van der Waals surface area contributed by atoms with Crippen LogP contribution < -0.4 is 0 Å². The van der Waals surface area contributed by atoms with Gasteiger partial charge in [-0.15, -0.1) is 0 Å². The van der Waals surface area contributed by atoms with Gasteiger partial charge in [0.15, 0.2) is 0 Å². The van der Waals surface area contributed by atoms with Crippen LogP contribution in [0.25, 0.3) is 0 Å². The van der Waals surface area contributed by atoms with Crippen molar-refractivity contribution in [2.75, 3.05) is 39.3 Å². The second kappa shape index (κ2) is 5.79. The second-order valence-electron chi connectivity index (χ2n) is 3.64. The van der Waals surface area contributed by atoms with Gasteiger partial charge in [0.05, 0.1) is 6.07 Å². The number of nitrogens with zero attached hydrogens (tertiary/aromatic N) is 3. The molecule has 3 nitrogen and oxygen atoms in total. The van der Waals surface area contributed by atoms with Crippen LogP contribution in [0.5, 0.6) is 0 Å². The highest BCUT2D eigenvalue weighted by Gasteiger charge is 2.15. The molecule has 0 amide bonds. The third-order valence-electron chi connectivity index (χ3n) is 2.80. The molecule has 78 valence electrons. The lowest BCUT2D eigenvalue weighted by Crippen LogP contribution is -2.46. The van der Waals surface area contributed by atoms with Crippen LogP contribution in [0.4, 0.5) is 0 Å². The summed E-state index contributed by atoms with van der Waals surface area (Å²) < 4.78 is 0. The van der Waals surface area contributed by atoms with Crippen molar-refractivity contribution in [1.82, 2.24) is 9.80 Å². The van der Waals surface area contributed by atoms with E-state index in [0.29, 0.717) is 0 Å². The smallest absolute Gasteiger partial charge is 0.0957 e. The largest absolute Gasteiger partial charge is 0.301 e. The average Bonchev–Trinajstić information content (AvgIpc) is 2.26. The summed E-state index contributed by atoms with van der Waals surface area (Å²) in [5.41, 5.74) is 0.884. The topological polar surface area (TPSA) is 30.3 Å². The Balaban J connectivity index is 2.33. The highest BCUT2D eigenvalue weighted by atomic mass is 15.3. The van der Waals surface area contributed by atoms with Gasteiger partial charge in [-0.3, -0.25) is 4.90 Å². The third kappa shape index (κ3) is 3.13. The molecule has 0 spiro atoms. The van der Waals surface area contributed by atoms with Crippen LogP contribution >= 0.6 is 0 Å². The summed E-state index contributed by atoms with van der Waals surface area (Å²) in [6, 6.07) is 2.23. The average molecular weight is 193 g/mol. The molecule has 0 aliphatic carbocycles. The van der Waals surface area contributed by atoms with E-state index in [4.69, 9.17) is 5.26 Å². The number of rotatable bonds is 3. The Hall–Kier alpha value is -0.850. The first-order valence-electron chi connectivity index (χ1n) is 5.30. The van der Waals surface area contributed by atoms with E-state index < -0.39 is 0 Å². The fraction of sp³-hybridized carbons (Fsp3) is 0.727. The molecule has 14 heavy (non-hydrogen) atoms. The predicted molar refractivity (Wildman–Crippen MR) is 57.9 cm³/mol. The number of allylic oxidation sites excluding steroid dienone is 1. The highest BCUT2D eigenvalue weighted by Crippen LogP contribution is 2.04. The predicted octanol–water partition coefficient (Wildman–Crippen LogP) is 1.09. The minimum Gasteiger partial charge on any atom is -0.301 e. The third-order valence-corrected chi connectivity index (χ3v) is 2.80. The van der Waals surface area contributed by atoms with E-state index in [2.05, 4.69) is 22.8 Å². The van der Waals surface area contributed by atoms with E-state index in [9.17, 15) is 0 Å². The zero-order valence-corrected chi connectivity index (χ0v) is 9.16. The zero-order chi connectivity index (χ0) is 10.4. The van der Waals surface area contributed by atoms with Gasteiger partial charge >= 0.3 is 0 Å². The molecule has 0 aromatic rings. The Morgan fingerprint density at radius 2 is 1.86 bits per heavy atom. The Labute approximate surface area is 86.6 Å². The van der Waals surface area contributed by atoms with Crippen LogP contribution in [0.1, 0.15) is 13.8 Å². The fourth-order valence-corrected chi connectivity index (χ4v) is 1.70. The summed E-state index contributed by atoms with van der Waals surface area (Å²) in [5, 5.41) is 8.80. The molecule has 0 bridgehead atoms. The molecule has 0 aromatic carbocycles. The van der Waals surface area contributed by atoms with Crippen LogP contribution in [0.15, 0.2) is 11.6 Å². The van der Waals surface area contributed by atoms with E-state index in [1.54, 1.807) is 0 Å². The number of likely N-dealkylation sites (N-methyl/N-ethyl adjacent to an activating group) is 1. The van der Waals surface area contributed by atoms with Crippen molar-refractivity contribution < 1.29 is 0 Å². The van der Waals surface area contributed by atoms with E-state index >= 15 is 0 Å². The van der Waals surface area contributed by atoms with Crippen molar-refractivity contribution in [1.29, 1.82) is 5.26 Å². The van der Waals surface area contributed by atoms with Gasteiger partial charge in [0.2, 0.25) is 0 Å². The summed E-state index contributed by atoms with van der Waals surface area (Å²) in [6.45, 7) is 10.5. The quantitative estimate of drug-likeness (QED) is 0.629. The normalized spacial score (nSPS) is 20.8. The zero-order valence-electron chi connectivity index (χ0n) is 9.16. The molecule has 0 unspecified atom stereocenters. The number of hydrogen-bond donors (Lipinski definition) is 0. The first-order chi connectivity index (χ1) is 6.80. The SMILES string of the molecule is C/C=C(\C#N)CN1CCN(CC)CC1. The Bertz CT molecular complexity index is 231. The molecule has 1 aliphatic heterocycles. The molecular weight excluding hydrogens is 174 g/mol. The van der Waals surface area contributed by atoms with Gasteiger partial charge in [0.25, 0.3) is 0 Å². The molecule has 0 atom stereocenters. The number of nitriles is 1. The molecule has 0 N–H and O–H groups in total. The van der Waals surface area contributed by atoms with E-state index in [0.717, 1.165) is 44.8 Å². The minimum atomic E-state index is 0.824. The van der Waals surface area contributed by atoms with Gasteiger partial charge in [-0.05, 0) is 13.5 Å². The van der Waals surface area contributed by atoms with Crippen molar-refractivity contribution in [2.45, 2.75) is 13.8 Å². The van der Waals surface area contributed by atoms with Gasteiger partial charge in [0, 0.05) is 38.3 Å². The van der Waals surface area contributed by atoms with Crippen molar-refractivity contribution in [3.63, 3.8) is 0 Å². The first-order valence-corrected chi connectivity index (χ1v) is 5.30. The van der Waals surface area contributed by atoms with Gasteiger partial charge in [0.1, 0.15) is 0 Å². The lowest BCUT2D eigenvalue weighted by atomic mass is 10.2. The van der Waals surface area contributed by atoms with Crippen LogP contribution in [0.3, 0.4) is 0 Å². The Morgan fingerprint density at radius 1 is 1.29 bits per heavy atom. The van der Waals surface area contributed by atoms with Crippen molar-refractivity contribution in [2.24, 2.45) is 0 Å². The summed E-state index contributed by atoms with van der Waals surface area (Å²) in [6.07, 6.45) is 1.91. The molecule has 1 fully saturated rings. The van der Waals surface area contributed by atoms with Crippen molar-refractivity contribution in [3.8, 4) is 6.07 Å². The molecule has 3 heteroatoms. The van der Waals surface area contributed by atoms with Crippen LogP contribution in [0, 0.1) is 11.3 Å². The number of hydrogen-bond acceptors (Lipinski definition) is 3. The first kappa shape index (κ1) is 11.2. The highest BCUT2D eigenvalue weighted by molar-refractivity contribution is 5.21. The van der Waals surface area contributed by atoms with Crippen LogP contribution in [0.2, 0.25) is 0 Å². The molecule has 0 radical (unpaired) electrons. The molecule has 1 aliphatic rings. The van der Waals surface area contributed by atoms with Crippen molar-refractivity contribution >= 4 is 0 Å². The summed E-state index contributed by atoms with van der Waals surface area (Å²) in [4.78, 5) is 4.79. The van der Waals surface area contributed by atoms with Gasteiger partial charge in [-0.1, -0.05) is 13.0 Å². The lowest BCUT2D eigenvalue weighted by Gasteiger charge is -2.33. The molecule has 0 saturated carbocycles. The van der Waals surface area contributed by atoms with Gasteiger partial charge in [-0.25, -0.2) is 0 Å². The standard InChI is InChI=1S/C11H19N3/c1-3-11(9-12)10-14-7-5-13(4-2)6-8-14/h3H,4-8,10H2,1-2H3/b11-3+. The van der Waals surface area contributed by atoms with E-state index in [-0.39, 0.29) is 0 Å². The van der Waals surface area contributed by atoms with E-state index in [1.807, 2.05) is 13.0 Å². The number of piperazine rings is 1. The lowest BCUT2D eigenvalue weighted by molar-refractivity contribution is 0.146. The molecule has 1 heterocycles. The maximum Gasteiger partial charge on any atom is 0.0957 e. The van der Waals surface area contributed by atoms with Gasteiger partial charge in [-0.2, -0.15) is 5.26 Å². The fourth-order valence-electron chi connectivity index (χ4n) is 1.70. The molecular formula is C11H19N3.